The molecule has 0 aromatic carbocycles. The van der Waals surface area contributed by atoms with E-state index in [0.717, 1.165) is 0 Å². The molecule has 1 rings (SSSR count). The minimum absolute atomic E-state index is 0.146. The zero-order chi connectivity index (χ0) is 13.7. The van der Waals surface area contributed by atoms with Crippen LogP contribution in [0.15, 0.2) is 0 Å². The Morgan fingerprint density at radius 3 is 2.44 bits per heavy atom. The second-order valence-electron chi connectivity index (χ2n) is 4.11. The van der Waals surface area contributed by atoms with E-state index in [1.54, 1.807) is 0 Å². The van der Waals surface area contributed by atoms with Crippen LogP contribution in [0.25, 0.3) is 0 Å². The highest BCUT2D eigenvalue weighted by atomic mass is 16.6. The first-order valence-electron chi connectivity index (χ1n) is 5.70. The van der Waals surface area contributed by atoms with E-state index in [0.29, 0.717) is 13.0 Å². The van der Waals surface area contributed by atoms with Gasteiger partial charge in [0.25, 0.3) is 0 Å². The molecule has 0 bridgehead atoms. The number of nitrogens with two attached hydrogens (primary N) is 1. The molecule has 0 aromatic rings. The van der Waals surface area contributed by atoms with Gasteiger partial charge in [0.2, 0.25) is 0 Å². The number of aliphatic hydroxyl groups is 4. The van der Waals surface area contributed by atoms with Gasteiger partial charge < -0.3 is 35.6 Å². The van der Waals surface area contributed by atoms with Crippen LogP contribution in [-0.4, -0.2) is 70.3 Å². The number of rotatable bonds is 5. The van der Waals surface area contributed by atoms with Gasteiger partial charge in [0, 0.05) is 6.42 Å². The first-order valence-corrected chi connectivity index (χ1v) is 5.70. The van der Waals surface area contributed by atoms with Crippen LogP contribution in [0.2, 0.25) is 0 Å². The summed E-state index contributed by atoms with van der Waals surface area (Å²) in [6, 6.07) is 0. The van der Waals surface area contributed by atoms with Crippen molar-refractivity contribution >= 4 is 5.97 Å². The molecule has 0 aliphatic carbocycles. The average Bonchev–Trinajstić information content (AvgIpc) is 2.36. The number of hydrogen-bond acceptors (Lipinski definition) is 8. The monoisotopic (exact) mass is 265 g/mol. The third-order valence-electron chi connectivity index (χ3n) is 2.68. The Hall–Kier alpha value is -0.770. The van der Waals surface area contributed by atoms with E-state index in [1.807, 2.05) is 0 Å². The molecule has 6 N–H and O–H groups in total. The quantitative estimate of drug-likeness (QED) is 0.332. The molecule has 1 heterocycles. The molecule has 1 saturated heterocycles. The Morgan fingerprint density at radius 1 is 1.17 bits per heavy atom. The summed E-state index contributed by atoms with van der Waals surface area (Å²) in [6.07, 6.45) is -6.67. The van der Waals surface area contributed by atoms with Gasteiger partial charge in [-0.15, -0.1) is 0 Å². The third-order valence-corrected chi connectivity index (χ3v) is 2.68. The Morgan fingerprint density at radius 2 is 1.83 bits per heavy atom. The van der Waals surface area contributed by atoms with E-state index in [2.05, 4.69) is 0 Å². The maximum Gasteiger partial charge on any atom is 0.305 e. The molecule has 8 nitrogen and oxygen atoms in total. The molecule has 5 atom stereocenters. The van der Waals surface area contributed by atoms with E-state index in [-0.39, 0.29) is 13.0 Å². The topological polar surface area (TPSA) is 142 Å². The van der Waals surface area contributed by atoms with Crippen LogP contribution >= 0.6 is 0 Å². The molecule has 0 radical (unpaired) electrons. The molecule has 0 aromatic heterocycles. The fourth-order valence-electron chi connectivity index (χ4n) is 1.56. The highest BCUT2D eigenvalue weighted by Gasteiger charge is 2.43. The van der Waals surface area contributed by atoms with Crippen LogP contribution in [0.5, 0.6) is 0 Å². The summed E-state index contributed by atoms with van der Waals surface area (Å²) < 4.78 is 9.63. The van der Waals surface area contributed by atoms with Crippen molar-refractivity contribution in [2.75, 3.05) is 13.2 Å². The summed E-state index contributed by atoms with van der Waals surface area (Å²) in [4.78, 5) is 11.2. The second-order valence-corrected chi connectivity index (χ2v) is 4.11. The maximum absolute atomic E-state index is 11.2. The normalized spacial score (nSPS) is 36.4. The molecule has 0 amide bonds. The van der Waals surface area contributed by atoms with Gasteiger partial charge in [-0.3, -0.25) is 4.79 Å². The zero-order valence-corrected chi connectivity index (χ0v) is 9.81. The van der Waals surface area contributed by atoms with Crippen LogP contribution in [0.4, 0.5) is 0 Å². The maximum atomic E-state index is 11.2. The Bertz CT molecular complexity index is 275. The van der Waals surface area contributed by atoms with Crippen LogP contribution in [-0.2, 0) is 14.3 Å². The summed E-state index contributed by atoms with van der Waals surface area (Å²) in [5, 5.41) is 37.4. The zero-order valence-electron chi connectivity index (χ0n) is 9.81. The summed E-state index contributed by atoms with van der Waals surface area (Å²) >= 11 is 0. The van der Waals surface area contributed by atoms with Crippen molar-refractivity contribution < 1.29 is 34.7 Å². The molecule has 106 valence electrons. The van der Waals surface area contributed by atoms with Gasteiger partial charge in [-0.25, -0.2) is 0 Å². The van der Waals surface area contributed by atoms with Crippen LogP contribution < -0.4 is 5.73 Å². The van der Waals surface area contributed by atoms with Gasteiger partial charge in [0.1, 0.15) is 31.0 Å². The molecule has 18 heavy (non-hydrogen) atoms. The fraction of sp³-hybridized carbons (Fsp3) is 0.900. The standard InChI is InChI=1S/C10H19NO7/c11-3-1-2-6(12)17-4-5-7(13)8(14)9(15)10(16)18-5/h5,7-10,13-16H,1-4,11H2/t5-,7-,8+,9-,10?/m1/s1. The fourth-order valence-corrected chi connectivity index (χ4v) is 1.56. The second kappa shape index (κ2) is 6.98. The van der Waals surface area contributed by atoms with E-state index >= 15 is 0 Å². The molecule has 8 heteroatoms. The van der Waals surface area contributed by atoms with Crippen molar-refractivity contribution in [3.8, 4) is 0 Å². The third kappa shape index (κ3) is 3.87. The predicted molar refractivity (Wildman–Crippen MR) is 58.1 cm³/mol. The van der Waals surface area contributed by atoms with E-state index in [9.17, 15) is 25.2 Å². The predicted octanol–water partition coefficient (Wildman–Crippen LogP) is -2.93. The lowest BCUT2D eigenvalue weighted by atomic mass is 9.99. The first kappa shape index (κ1) is 15.3. The van der Waals surface area contributed by atoms with Crippen molar-refractivity contribution in [3.63, 3.8) is 0 Å². The van der Waals surface area contributed by atoms with Crippen LogP contribution in [0, 0.1) is 0 Å². The lowest BCUT2D eigenvalue weighted by Crippen LogP contribution is -2.58. The van der Waals surface area contributed by atoms with Crippen LogP contribution in [0.3, 0.4) is 0 Å². The Kier molecular flexibility index (Phi) is 5.93. The minimum Gasteiger partial charge on any atom is -0.463 e. The van der Waals surface area contributed by atoms with Crippen molar-refractivity contribution in [1.82, 2.24) is 0 Å². The van der Waals surface area contributed by atoms with Gasteiger partial charge in [0.15, 0.2) is 6.29 Å². The van der Waals surface area contributed by atoms with Crippen molar-refractivity contribution in [3.05, 3.63) is 0 Å². The number of carbonyl (C=O) groups is 1. The average molecular weight is 265 g/mol. The van der Waals surface area contributed by atoms with Gasteiger partial charge >= 0.3 is 5.97 Å². The number of aliphatic hydroxyl groups excluding tert-OH is 4. The van der Waals surface area contributed by atoms with Crippen molar-refractivity contribution in [2.24, 2.45) is 5.73 Å². The summed E-state index contributed by atoms with van der Waals surface area (Å²) in [5.74, 6) is -0.508. The molecule has 1 aliphatic rings. The Balaban J connectivity index is 2.39. The van der Waals surface area contributed by atoms with Gasteiger partial charge in [-0.05, 0) is 13.0 Å². The first-order chi connectivity index (χ1) is 8.47. The van der Waals surface area contributed by atoms with Crippen LogP contribution in [0.1, 0.15) is 12.8 Å². The van der Waals surface area contributed by atoms with E-state index in [1.165, 1.54) is 0 Å². The molecule has 0 spiro atoms. The lowest BCUT2D eigenvalue weighted by Gasteiger charge is -2.37. The molecular formula is C10H19NO7. The molecule has 1 unspecified atom stereocenters. The summed E-state index contributed by atoms with van der Waals surface area (Å²) in [7, 11) is 0. The highest BCUT2D eigenvalue weighted by Crippen LogP contribution is 2.20. The molecule has 1 fully saturated rings. The molecular weight excluding hydrogens is 246 g/mol. The molecule has 0 saturated carbocycles. The number of carbonyl (C=O) groups excluding carboxylic acids is 1. The summed E-state index contributed by atoms with van der Waals surface area (Å²) in [5.41, 5.74) is 5.22. The van der Waals surface area contributed by atoms with E-state index in [4.69, 9.17) is 15.2 Å². The molecule has 1 aliphatic heterocycles. The number of esters is 1. The number of hydrogen-bond donors (Lipinski definition) is 5. The van der Waals surface area contributed by atoms with Gasteiger partial charge in [-0.1, -0.05) is 0 Å². The van der Waals surface area contributed by atoms with E-state index < -0.39 is 36.7 Å². The van der Waals surface area contributed by atoms with Gasteiger partial charge in [0.05, 0.1) is 0 Å². The largest absolute Gasteiger partial charge is 0.463 e. The minimum atomic E-state index is -1.63. The smallest absolute Gasteiger partial charge is 0.305 e. The summed E-state index contributed by atoms with van der Waals surface area (Å²) in [6.45, 7) is 0.0483. The number of ether oxygens (including phenoxy) is 2. The van der Waals surface area contributed by atoms with Crippen molar-refractivity contribution in [1.29, 1.82) is 0 Å². The lowest BCUT2D eigenvalue weighted by molar-refractivity contribution is -0.287. The highest BCUT2D eigenvalue weighted by molar-refractivity contribution is 5.69. The van der Waals surface area contributed by atoms with Gasteiger partial charge in [-0.2, -0.15) is 0 Å². The Labute approximate surface area is 104 Å². The SMILES string of the molecule is NCCCC(=O)OC[C@H]1OC(O)[C@H](O)[C@@H](O)[C@@H]1O. The van der Waals surface area contributed by atoms with Crippen molar-refractivity contribution in [2.45, 2.75) is 43.5 Å².